The highest BCUT2D eigenvalue weighted by molar-refractivity contribution is 5.89. The average Bonchev–Trinajstić information content (AvgIpc) is 2.61. The fourth-order valence-electron chi connectivity index (χ4n) is 2.51. The van der Waals surface area contributed by atoms with E-state index in [-0.39, 0.29) is 5.91 Å². The van der Waals surface area contributed by atoms with Crippen molar-refractivity contribution in [3.05, 3.63) is 65.9 Å². The van der Waals surface area contributed by atoms with Gasteiger partial charge in [0.05, 0.1) is 11.6 Å². The largest absolute Gasteiger partial charge is 0.340 e. The van der Waals surface area contributed by atoms with Gasteiger partial charge >= 0.3 is 0 Å². The summed E-state index contributed by atoms with van der Waals surface area (Å²) in [5.41, 5.74) is 3.56. The minimum Gasteiger partial charge on any atom is -0.340 e. The van der Waals surface area contributed by atoms with Crippen LogP contribution in [0.25, 0.3) is 0 Å². The molecule has 0 saturated heterocycles. The highest BCUT2D eigenvalue weighted by atomic mass is 16.1. The molecule has 2 aromatic carbocycles. The first-order chi connectivity index (χ1) is 13.0. The van der Waals surface area contributed by atoms with Gasteiger partial charge in [0.1, 0.15) is 5.82 Å². The second-order valence-electron chi connectivity index (χ2n) is 5.92. The molecule has 0 saturated carbocycles. The molecule has 3 rings (SSSR count). The number of nitrogens with zero attached hydrogens (tertiary/aromatic N) is 3. The number of amides is 1. The van der Waals surface area contributed by atoms with E-state index >= 15 is 0 Å². The average molecular weight is 358 g/mol. The lowest BCUT2D eigenvalue weighted by atomic mass is 10.2. The Balaban J connectivity index is 1.81. The highest BCUT2D eigenvalue weighted by Crippen LogP contribution is 2.21. The van der Waals surface area contributed by atoms with E-state index in [9.17, 15) is 4.79 Å². The van der Waals surface area contributed by atoms with Crippen molar-refractivity contribution in [2.24, 2.45) is 0 Å². The Morgan fingerprint density at radius 1 is 0.963 bits per heavy atom. The van der Waals surface area contributed by atoms with Gasteiger partial charge in [-0.25, -0.2) is 4.98 Å². The van der Waals surface area contributed by atoms with Crippen molar-refractivity contribution in [3.8, 4) is 6.07 Å². The Kier molecular flexibility index (Phi) is 5.28. The molecule has 7 nitrogen and oxygen atoms in total. The second kappa shape index (κ2) is 7.97. The van der Waals surface area contributed by atoms with Gasteiger partial charge < -0.3 is 16.0 Å². The van der Waals surface area contributed by atoms with Gasteiger partial charge in [0.2, 0.25) is 11.9 Å². The first kappa shape index (κ1) is 17.9. The summed E-state index contributed by atoms with van der Waals surface area (Å²) in [6.07, 6.45) is 0. The van der Waals surface area contributed by atoms with Crippen LogP contribution in [0.15, 0.2) is 54.6 Å². The molecular weight excluding hydrogens is 340 g/mol. The van der Waals surface area contributed by atoms with Crippen molar-refractivity contribution >= 4 is 34.7 Å². The SMILES string of the molecule is CC(=O)Nc1cccc(Nc2nc(C)cc(Nc3cccc(C#N)c3)n2)c1. The van der Waals surface area contributed by atoms with E-state index in [1.807, 2.05) is 37.3 Å². The second-order valence-corrected chi connectivity index (χ2v) is 5.92. The summed E-state index contributed by atoms with van der Waals surface area (Å²) < 4.78 is 0. The monoisotopic (exact) mass is 358 g/mol. The maximum atomic E-state index is 11.2. The number of carbonyl (C=O) groups excluding carboxylic acids is 1. The van der Waals surface area contributed by atoms with Crippen LogP contribution in [0, 0.1) is 18.3 Å². The highest BCUT2D eigenvalue weighted by Gasteiger charge is 2.05. The van der Waals surface area contributed by atoms with E-state index < -0.39 is 0 Å². The molecule has 0 aliphatic carbocycles. The number of nitrogens with one attached hydrogen (secondary N) is 3. The van der Waals surface area contributed by atoms with Crippen LogP contribution in [0.2, 0.25) is 0 Å². The maximum absolute atomic E-state index is 11.2. The molecule has 134 valence electrons. The van der Waals surface area contributed by atoms with E-state index in [4.69, 9.17) is 5.26 Å². The van der Waals surface area contributed by atoms with Crippen LogP contribution in [0.5, 0.6) is 0 Å². The van der Waals surface area contributed by atoms with Crippen molar-refractivity contribution in [1.29, 1.82) is 5.26 Å². The number of carbonyl (C=O) groups is 1. The van der Waals surface area contributed by atoms with Gasteiger partial charge in [-0.3, -0.25) is 4.79 Å². The number of aromatic nitrogens is 2. The lowest BCUT2D eigenvalue weighted by Crippen LogP contribution is -2.06. The van der Waals surface area contributed by atoms with Crippen molar-refractivity contribution < 1.29 is 4.79 Å². The number of hydrogen-bond donors (Lipinski definition) is 3. The third-order valence-corrected chi connectivity index (χ3v) is 3.56. The zero-order valence-corrected chi connectivity index (χ0v) is 14.9. The summed E-state index contributed by atoms with van der Waals surface area (Å²) in [4.78, 5) is 20.1. The Morgan fingerprint density at radius 3 is 2.41 bits per heavy atom. The molecule has 0 atom stereocenters. The third kappa shape index (κ3) is 5.03. The first-order valence-corrected chi connectivity index (χ1v) is 8.29. The summed E-state index contributed by atoms with van der Waals surface area (Å²) in [5.74, 6) is 0.900. The zero-order chi connectivity index (χ0) is 19.2. The van der Waals surface area contributed by atoms with Crippen LogP contribution in [0.1, 0.15) is 18.2 Å². The lowest BCUT2D eigenvalue weighted by molar-refractivity contribution is -0.114. The van der Waals surface area contributed by atoms with Gasteiger partial charge in [-0.2, -0.15) is 10.2 Å². The lowest BCUT2D eigenvalue weighted by Gasteiger charge is -2.11. The molecule has 0 bridgehead atoms. The summed E-state index contributed by atoms with van der Waals surface area (Å²) in [5, 5.41) is 18.1. The van der Waals surface area contributed by atoms with Crippen LogP contribution in [0.3, 0.4) is 0 Å². The molecule has 7 heteroatoms. The molecule has 0 fully saturated rings. The van der Waals surface area contributed by atoms with Gasteiger partial charge in [0.25, 0.3) is 0 Å². The smallest absolute Gasteiger partial charge is 0.229 e. The van der Waals surface area contributed by atoms with Crippen LogP contribution in [0.4, 0.5) is 28.8 Å². The first-order valence-electron chi connectivity index (χ1n) is 8.29. The Labute approximate surface area is 157 Å². The zero-order valence-electron chi connectivity index (χ0n) is 14.9. The quantitative estimate of drug-likeness (QED) is 0.634. The van der Waals surface area contributed by atoms with E-state index in [1.54, 1.807) is 24.3 Å². The summed E-state index contributed by atoms with van der Waals surface area (Å²) in [6.45, 7) is 3.33. The van der Waals surface area contributed by atoms with E-state index in [0.29, 0.717) is 23.0 Å². The predicted octanol–water partition coefficient (Wildman–Crippen LogP) is 4.10. The third-order valence-electron chi connectivity index (χ3n) is 3.56. The minimum atomic E-state index is -0.134. The molecule has 1 amide bonds. The minimum absolute atomic E-state index is 0.134. The van der Waals surface area contributed by atoms with Gasteiger partial charge in [0.15, 0.2) is 0 Å². The Bertz CT molecular complexity index is 1020. The number of nitriles is 1. The number of aryl methyl sites for hydroxylation is 1. The van der Waals surface area contributed by atoms with Gasteiger partial charge in [0, 0.05) is 35.7 Å². The Morgan fingerprint density at radius 2 is 1.67 bits per heavy atom. The molecule has 0 radical (unpaired) electrons. The van der Waals surface area contributed by atoms with Crippen LogP contribution in [-0.4, -0.2) is 15.9 Å². The predicted molar refractivity (Wildman–Crippen MR) is 105 cm³/mol. The van der Waals surface area contributed by atoms with E-state index in [2.05, 4.69) is 32.0 Å². The van der Waals surface area contributed by atoms with E-state index in [1.165, 1.54) is 6.92 Å². The standard InChI is InChI=1S/C20H18N6O/c1-13-9-19(24-16-6-3-5-15(10-16)12-21)26-20(22-13)25-18-8-4-7-17(11-18)23-14(2)27/h3-11H,1-2H3,(H,23,27)(H2,22,24,25,26). The molecule has 1 heterocycles. The fourth-order valence-corrected chi connectivity index (χ4v) is 2.51. The molecular formula is C20H18N6O. The molecule has 0 unspecified atom stereocenters. The van der Waals surface area contributed by atoms with Crippen molar-refractivity contribution in [2.45, 2.75) is 13.8 Å². The number of benzene rings is 2. The summed E-state index contributed by atoms with van der Waals surface area (Å²) >= 11 is 0. The molecule has 1 aromatic heterocycles. The maximum Gasteiger partial charge on any atom is 0.229 e. The molecule has 0 spiro atoms. The topological polar surface area (TPSA) is 103 Å². The van der Waals surface area contributed by atoms with Gasteiger partial charge in [-0.15, -0.1) is 0 Å². The molecule has 3 N–H and O–H groups in total. The summed E-state index contributed by atoms with van der Waals surface area (Å²) in [6, 6.07) is 18.4. The molecule has 0 aliphatic heterocycles. The van der Waals surface area contributed by atoms with Crippen LogP contribution >= 0.6 is 0 Å². The number of rotatable bonds is 5. The summed E-state index contributed by atoms with van der Waals surface area (Å²) in [7, 11) is 0. The molecule has 27 heavy (non-hydrogen) atoms. The Hall–Kier alpha value is -3.92. The van der Waals surface area contributed by atoms with Gasteiger partial charge in [-0.1, -0.05) is 12.1 Å². The van der Waals surface area contributed by atoms with Crippen molar-refractivity contribution in [3.63, 3.8) is 0 Å². The molecule has 0 aliphatic rings. The molecule has 3 aromatic rings. The fraction of sp³-hybridized carbons (Fsp3) is 0.100. The van der Waals surface area contributed by atoms with Crippen LogP contribution in [-0.2, 0) is 4.79 Å². The van der Waals surface area contributed by atoms with Crippen molar-refractivity contribution in [2.75, 3.05) is 16.0 Å². The van der Waals surface area contributed by atoms with Crippen LogP contribution < -0.4 is 16.0 Å². The van der Waals surface area contributed by atoms with Crippen molar-refractivity contribution in [1.82, 2.24) is 9.97 Å². The number of hydrogen-bond acceptors (Lipinski definition) is 6. The number of anilines is 5. The van der Waals surface area contributed by atoms with Gasteiger partial charge in [-0.05, 0) is 43.3 Å². The normalized spacial score (nSPS) is 9.96. The van der Waals surface area contributed by atoms with E-state index in [0.717, 1.165) is 17.1 Å².